The van der Waals surface area contributed by atoms with E-state index in [1.807, 2.05) is 19.9 Å². The van der Waals surface area contributed by atoms with Crippen molar-refractivity contribution < 1.29 is 22.2 Å². The molecule has 28 heavy (non-hydrogen) atoms. The van der Waals surface area contributed by atoms with Crippen molar-refractivity contribution in [1.29, 1.82) is 0 Å². The Bertz CT molecular complexity index is 944. The van der Waals surface area contributed by atoms with Crippen LogP contribution in [-0.2, 0) is 26.3 Å². The molecule has 2 aliphatic carbocycles. The Morgan fingerprint density at radius 2 is 2.04 bits per heavy atom. The van der Waals surface area contributed by atoms with Crippen LogP contribution in [0.4, 0.5) is 0 Å². The summed E-state index contributed by atoms with van der Waals surface area (Å²) in [6.45, 7) is 4.32. The molecule has 2 N–H and O–H groups in total. The highest BCUT2D eigenvalue weighted by Gasteiger charge is 2.56. The molecule has 152 valence electrons. The Kier molecular flexibility index (Phi) is 4.54. The van der Waals surface area contributed by atoms with E-state index < -0.39 is 15.7 Å². The van der Waals surface area contributed by atoms with Gasteiger partial charge in [-0.15, -0.1) is 0 Å². The van der Waals surface area contributed by atoms with Gasteiger partial charge >= 0.3 is 10.3 Å². The summed E-state index contributed by atoms with van der Waals surface area (Å²) < 4.78 is 27.2. The highest BCUT2D eigenvalue weighted by molar-refractivity contribution is 7.84. The van der Waals surface area contributed by atoms with Gasteiger partial charge in [-0.1, -0.05) is 13.0 Å². The zero-order chi connectivity index (χ0) is 20.3. The van der Waals surface area contributed by atoms with Crippen molar-refractivity contribution in [3.63, 3.8) is 0 Å². The zero-order valence-corrected chi connectivity index (χ0v) is 17.0. The molecule has 2 amide bonds. The van der Waals surface area contributed by atoms with Crippen molar-refractivity contribution in [2.24, 2.45) is 22.4 Å². The minimum atomic E-state index is -4.05. The number of rotatable bonds is 3. The fraction of sp³-hybridized carbons (Fsp3) is 0.600. The summed E-state index contributed by atoms with van der Waals surface area (Å²) in [6, 6.07) is 5.30. The van der Waals surface area contributed by atoms with E-state index in [-0.39, 0.29) is 35.3 Å². The van der Waals surface area contributed by atoms with Gasteiger partial charge in [0.05, 0.1) is 5.41 Å². The number of imide groups is 1. The van der Waals surface area contributed by atoms with Gasteiger partial charge in [0.25, 0.3) is 0 Å². The summed E-state index contributed by atoms with van der Waals surface area (Å²) in [5.74, 6) is 0.766. The predicted octanol–water partition coefficient (Wildman–Crippen LogP) is 2.11. The Hall–Kier alpha value is -1.93. The molecule has 4 atom stereocenters. The highest BCUT2D eigenvalue weighted by atomic mass is 32.2. The van der Waals surface area contributed by atoms with Crippen LogP contribution in [0.1, 0.15) is 56.6 Å². The van der Waals surface area contributed by atoms with Crippen LogP contribution in [0.15, 0.2) is 18.2 Å². The van der Waals surface area contributed by atoms with Crippen LogP contribution in [0.5, 0.6) is 5.75 Å². The minimum absolute atomic E-state index is 0.0163. The fourth-order valence-electron chi connectivity index (χ4n) is 5.75. The molecule has 2 fully saturated rings. The minimum Gasteiger partial charge on any atom is -0.371 e. The molecule has 7 nitrogen and oxygen atoms in total. The van der Waals surface area contributed by atoms with Gasteiger partial charge in [0, 0.05) is 13.0 Å². The Morgan fingerprint density at radius 3 is 2.71 bits per heavy atom. The van der Waals surface area contributed by atoms with Gasteiger partial charge in [-0.2, -0.15) is 13.6 Å². The fourth-order valence-corrected chi connectivity index (χ4v) is 6.12. The average molecular weight is 407 g/mol. The predicted molar refractivity (Wildman–Crippen MR) is 103 cm³/mol. The summed E-state index contributed by atoms with van der Waals surface area (Å²) >= 11 is 0. The molecular formula is C20H26N2O5S. The van der Waals surface area contributed by atoms with Crippen molar-refractivity contribution in [1.82, 2.24) is 4.90 Å². The standard InChI is InChI=1S/C20H26N2O5S/c1-3-22-18(23)11-17-16-6-4-12-10-13(27-28(21,25)26)5-7-14(12)15(16)8-9-20(17,2)19(22)24/h5,7,10,15-17H,3-4,6,8-9,11H2,1-2H3,(H2,21,25,26). The Balaban J connectivity index is 1.65. The largest absolute Gasteiger partial charge is 0.380 e. The van der Waals surface area contributed by atoms with Crippen LogP contribution in [0, 0.1) is 17.3 Å². The molecule has 8 heteroatoms. The number of hydrogen-bond acceptors (Lipinski definition) is 5. The molecule has 1 heterocycles. The molecule has 1 aliphatic heterocycles. The molecule has 3 aliphatic rings. The maximum Gasteiger partial charge on any atom is 0.380 e. The van der Waals surface area contributed by atoms with Crippen LogP contribution in [-0.4, -0.2) is 31.7 Å². The number of carbonyl (C=O) groups excluding carboxylic acids is 2. The number of aryl methyl sites for hydroxylation is 1. The number of likely N-dealkylation sites (tertiary alicyclic amines) is 1. The normalized spacial score (nSPS) is 32.4. The lowest BCUT2D eigenvalue weighted by Crippen LogP contribution is -2.59. The van der Waals surface area contributed by atoms with Crippen molar-refractivity contribution in [2.45, 2.75) is 51.9 Å². The molecule has 4 rings (SSSR count). The van der Waals surface area contributed by atoms with E-state index >= 15 is 0 Å². The number of fused-ring (bicyclic) bond motifs is 5. The number of piperidine rings is 1. The summed E-state index contributed by atoms with van der Waals surface area (Å²) in [5, 5.41) is 4.97. The molecule has 0 spiro atoms. The summed E-state index contributed by atoms with van der Waals surface area (Å²) in [4.78, 5) is 27.0. The summed E-state index contributed by atoms with van der Waals surface area (Å²) in [6.07, 6.45) is 3.72. The van der Waals surface area contributed by atoms with Crippen molar-refractivity contribution in [3.05, 3.63) is 29.3 Å². The molecule has 1 aromatic carbocycles. The van der Waals surface area contributed by atoms with Crippen LogP contribution in [0.2, 0.25) is 0 Å². The molecule has 4 unspecified atom stereocenters. The topological polar surface area (TPSA) is 107 Å². The van der Waals surface area contributed by atoms with Gasteiger partial charge in [0.1, 0.15) is 5.75 Å². The van der Waals surface area contributed by atoms with E-state index in [0.29, 0.717) is 13.0 Å². The van der Waals surface area contributed by atoms with Crippen LogP contribution in [0.25, 0.3) is 0 Å². The van der Waals surface area contributed by atoms with Crippen LogP contribution in [0.3, 0.4) is 0 Å². The number of hydrogen-bond donors (Lipinski definition) is 1. The summed E-state index contributed by atoms with van der Waals surface area (Å²) in [5.41, 5.74) is 1.77. The number of nitrogens with zero attached hydrogens (tertiary/aromatic N) is 1. The third-order valence-electron chi connectivity index (χ3n) is 7.05. The van der Waals surface area contributed by atoms with Gasteiger partial charge in [0.2, 0.25) is 11.8 Å². The first-order valence-corrected chi connectivity index (χ1v) is 11.3. The van der Waals surface area contributed by atoms with E-state index in [1.165, 1.54) is 10.5 Å². The second-order valence-corrected chi connectivity index (χ2v) is 9.61. The Labute approximate surface area is 165 Å². The Morgan fingerprint density at radius 1 is 1.29 bits per heavy atom. The number of carbonyl (C=O) groups is 2. The second kappa shape index (κ2) is 6.56. The lowest BCUT2D eigenvalue weighted by atomic mass is 9.52. The SMILES string of the molecule is CCN1C(=O)CC2C3CCc4cc(OS(N)(=O)=O)ccc4C3CCC2(C)C1=O. The van der Waals surface area contributed by atoms with E-state index in [2.05, 4.69) is 0 Å². The van der Waals surface area contributed by atoms with Crippen molar-refractivity contribution >= 4 is 22.1 Å². The first-order valence-electron chi connectivity index (χ1n) is 9.84. The number of benzene rings is 1. The maximum atomic E-state index is 13.0. The van der Waals surface area contributed by atoms with Crippen molar-refractivity contribution in [2.75, 3.05) is 6.54 Å². The number of nitrogens with two attached hydrogens (primary N) is 1. The van der Waals surface area contributed by atoms with Crippen molar-refractivity contribution in [3.8, 4) is 5.75 Å². The third kappa shape index (κ3) is 3.03. The van der Waals surface area contributed by atoms with Gasteiger partial charge in [-0.25, -0.2) is 0 Å². The smallest absolute Gasteiger partial charge is 0.371 e. The average Bonchev–Trinajstić information content (AvgIpc) is 2.62. The lowest BCUT2D eigenvalue weighted by Gasteiger charge is -2.54. The van der Waals surface area contributed by atoms with E-state index in [1.54, 1.807) is 12.1 Å². The van der Waals surface area contributed by atoms with Gasteiger partial charge in [-0.3, -0.25) is 14.5 Å². The maximum absolute atomic E-state index is 13.0. The van der Waals surface area contributed by atoms with Gasteiger partial charge < -0.3 is 4.18 Å². The zero-order valence-electron chi connectivity index (χ0n) is 16.2. The number of amides is 2. The molecule has 1 saturated heterocycles. The molecule has 0 aromatic heterocycles. The molecule has 1 saturated carbocycles. The monoisotopic (exact) mass is 406 g/mol. The van der Waals surface area contributed by atoms with E-state index in [9.17, 15) is 18.0 Å². The molecule has 0 radical (unpaired) electrons. The first-order chi connectivity index (χ1) is 13.1. The van der Waals surface area contributed by atoms with Crippen LogP contribution < -0.4 is 9.32 Å². The van der Waals surface area contributed by atoms with E-state index in [4.69, 9.17) is 9.32 Å². The molecule has 0 bridgehead atoms. The first kappa shape index (κ1) is 19.4. The lowest BCUT2D eigenvalue weighted by molar-refractivity contribution is -0.167. The quantitative estimate of drug-likeness (QED) is 0.774. The van der Waals surface area contributed by atoms with Gasteiger partial charge in [0.15, 0.2) is 0 Å². The highest BCUT2D eigenvalue weighted by Crippen LogP contribution is 2.58. The third-order valence-corrected chi connectivity index (χ3v) is 7.47. The van der Waals surface area contributed by atoms with E-state index in [0.717, 1.165) is 31.2 Å². The second-order valence-electron chi connectivity index (χ2n) is 8.46. The summed E-state index contributed by atoms with van der Waals surface area (Å²) in [7, 11) is -4.05. The molecular weight excluding hydrogens is 380 g/mol. The van der Waals surface area contributed by atoms with Crippen LogP contribution >= 0.6 is 0 Å². The van der Waals surface area contributed by atoms with Gasteiger partial charge in [-0.05, 0) is 73.6 Å². The molecule has 1 aromatic rings.